The predicted molar refractivity (Wildman–Crippen MR) is 91.7 cm³/mol. The second-order valence-corrected chi connectivity index (χ2v) is 6.05. The minimum atomic E-state index is -0.348. The molecule has 0 N–H and O–H groups in total. The Balaban J connectivity index is 1.69. The van der Waals surface area contributed by atoms with E-state index in [1.165, 1.54) is 0 Å². The van der Waals surface area contributed by atoms with Crippen molar-refractivity contribution in [1.29, 1.82) is 0 Å². The third-order valence-electron chi connectivity index (χ3n) is 4.39. The smallest absolute Gasteiger partial charge is 0.247 e. The maximum atomic E-state index is 12.8. The van der Waals surface area contributed by atoms with Crippen LogP contribution in [0, 0.1) is 6.92 Å². The van der Waals surface area contributed by atoms with E-state index in [-0.39, 0.29) is 24.4 Å². The van der Waals surface area contributed by atoms with Crippen LogP contribution in [0.5, 0.6) is 0 Å². The lowest BCUT2D eigenvalue weighted by atomic mass is 10.1. The summed E-state index contributed by atoms with van der Waals surface area (Å²) in [5.41, 5.74) is 2.04. The van der Waals surface area contributed by atoms with Crippen molar-refractivity contribution in [2.75, 3.05) is 24.5 Å². The normalized spacial score (nSPS) is 16.3. The lowest BCUT2D eigenvalue weighted by molar-refractivity contribution is -0.140. The van der Waals surface area contributed by atoms with Crippen LogP contribution in [0.15, 0.2) is 42.7 Å². The number of carbonyl (C=O) groups is 2. The van der Waals surface area contributed by atoms with Gasteiger partial charge in [-0.3, -0.25) is 14.3 Å². The molecule has 6 nitrogen and oxygen atoms in total. The van der Waals surface area contributed by atoms with Gasteiger partial charge in [0.2, 0.25) is 11.8 Å². The first-order valence-corrected chi connectivity index (χ1v) is 8.25. The lowest BCUT2D eigenvalue weighted by Gasteiger charge is -2.36. The molecular weight excluding hydrogens is 304 g/mol. The topological polar surface area (TPSA) is 58.4 Å². The molecule has 1 saturated heterocycles. The van der Waals surface area contributed by atoms with Crippen molar-refractivity contribution >= 4 is 17.5 Å². The van der Waals surface area contributed by atoms with Gasteiger partial charge in [0.25, 0.3) is 0 Å². The van der Waals surface area contributed by atoms with Gasteiger partial charge in [-0.2, -0.15) is 5.10 Å². The summed E-state index contributed by atoms with van der Waals surface area (Å²) in [5.74, 6) is -0.0909. The predicted octanol–water partition coefficient (Wildman–Crippen LogP) is 2.02. The molecule has 6 heteroatoms. The Kier molecular flexibility index (Phi) is 4.64. The van der Waals surface area contributed by atoms with Crippen LogP contribution < -0.4 is 4.90 Å². The molecule has 1 fully saturated rings. The molecule has 2 amide bonds. The SMILES string of the molecule is CC[C@@H](C(=O)N1CCN(c2ccc(C)cc2)C(=O)C1)n1cccn1. The maximum Gasteiger partial charge on any atom is 0.247 e. The summed E-state index contributed by atoms with van der Waals surface area (Å²) in [7, 11) is 0. The van der Waals surface area contributed by atoms with Gasteiger partial charge in [0.05, 0.1) is 0 Å². The molecule has 3 rings (SSSR count). The highest BCUT2D eigenvalue weighted by Crippen LogP contribution is 2.20. The number of amides is 2. The molecule has 2 heterocycles. The number of piperazine rings is 1. The van der Waals surface area contributed by atoms with Crippen LogP contribution in [0.3, 0.4) is 0 Å². The number of hydrogen-bond donors (Lipinski definition) is 0. The number of aryl methyl sites for hydroxylation is 1. The summed E-state index contributed by atoms with van der Waals surface area (Å²) in [4.78, 5) is 28.6. The summed E-state index contributed by atoms with van der Waals surface area (Å²) >= 11 is 0. The van der Waals surface area contributed by atoms with Crippen LogP contribution in [0.25, 0.3) is 0 Å². The molecule has 0 bridgehead atoms. The third kappa shape index (κ3) is 3.18. The number of benzene rings is 1. The highest BCUT2D eigenvalue weighted by atomic mass is 16.2. The zero-order valence-corrected chi connectivity index (χ0v) is 14.1. The van der Waals surface area contributed by atoms with E-state index >= 15 is 0 Å². The Morgan fingerprint density at radius 1 is 1.25 bits per heavy atom. The lowest BCUT2D eigenvalue weighted by Crippen LogP contribution is -2.53. The monoisotopic (exact) mass is 326 g/mol. The van der Waals surface area contributed by atoms with E-state index in [1.54, 1.807) is 32.9 Å². The van der Waals surface area contributed by atoms with Crippen LogP contribution in [-0.2, 0) is 9.59 Å². The Bertz CT molecular complexity index is 709. The molecular formula is C18H22N4O2. The number of anilines is 1. The van der Waals surface area contributed by atoms with Gasteiger partial charge in [0.1, 0.15) is 12.6 Å². The molecule has 24 heavy (non-hydrogen) atoms. The number of carbonyl (C=O) groups excluding carboxylic acids is 2. The molecule has 2 aromatic rings. The number of aromatic nitrogens is 2. The largest absolute Gasteiger partial charge is 0.330 e. The molecule has 0 spiro atoms. The minimum absolute atomic E-state index is 0.0434. The van der Waals surface area contributed by atoms with Gasteiger partial charge >= 0.3 is 0 Å². The number of hydrogen-bond acceptors (Lipinski definition) is 3. The fourth-order valence-corrected chi connectivity index (χ4v) is 3.01. The Hall–Kier alpha value is -2.63. The zero-order chi connectivity index (χ0) is 17.1. The van der Waals surface area contributed by atoms with Crippen molar-refractivity contribution in [1.82, 2.24) is 14.7 Å². The molecule has 1 aromatic heterocycles. The van der Waals surface area contributed by atoms with Crippen molar-refractivity contribution in [3.63, 3.8) is 0 Å². The first-order valence-electron chi connectivity index (χ1n) is 8.25. The van der Waals surface area contributed by atoms with Crippen molar-refractivity contribution in [2.24, 2.45) is 0 Å². The van der Waals surface area contributed by atoms with Gasteiger partial charge in [0.15, 0.2) is 0 Å². The molecule has 1 aromatic carbocycles. The van der Waals surface area contributed by atoms with Gasteiger partial charge in [-0.1, -0.05) is 24.6 Å². The fraction of sp³-hybridized carbons (Fsp3) is 0.389. The van der Waals surface area contributed by atoms with E-state index in [4.69, 9.17) is 0 Å². The standard InChI is InChI=1S/C18H22N4O2/c1-3-16(22-10-4-9-19-22)18(24)20-11-12-21(17(23)13-20)15-7-5-14(2)6-8-15/h4-10,16H,3,11-13H2,1-2H3/t16-/m0/s1. The summed E-state index contributed by atoms with van der Waals surface area (Å²) in [5, 5.41) is 4.17. The van der Waals surface area contributed by atoms with Crippen molar-refractivity contribution < 1.29 is 9.59 Å². The van der Waals surface area contributed by atoms with Gasteiger partial charge in [-0.05, 0) is 31.5 Å². The van der Waals surface area contributed by atoms with Crippen molar-refractivity contribution in [3.8, 4) is 0 Å². The molecule has 126 valence electrons. The highest BCUT2D eigenvalue weighted by Gasteiger charge is 2.32. The number of rotatable bonds is 4. The van der Waals surface area contributed by atoms with Crippen LogP contribution >= 0.6 is 0 Å². The second kappa shape index (κ2) is 6.86. The van der Waals surface area contributed by atoms with Gasteiger partial charge in [-0.25, -0.2) is 0 Å². The average Bonchev–Trinajstić information content (AvgIpc) is 3.10. The van der Waals surface area contributed by atoms with E-state index in [0.29, 0.717) is 19.5 Å². The van der Waals surface area contributed by atoms with E-state index < -0.39 is 0 Å². The fourth-order valence-electron chi connectivity index (χ4n) is 3.01. The van der Waals surface area contributed by atoms with E-state index in [9.17, 15) is 9.59 Å². The van der Waals surface area contributed by atoms with E-state index in [0.717, 1.165) is 11.3 Å². The Morgan fingerprint density at radius 2 is 2.00 bits per heavy atom. The van der Waals surface area contributed by atoms with Crippen molar-refractivity contribution in [2.45, 2.75) is 26.3 Å². The Labute approximate surface area is 141 Å². The molecule has 0 unspecified atom stereocenters. The summed E-state index contributed by atoms with van der Waals surface area (Å²) < 4.78 is 1.67. The summed E-state index contributed by atoms with van der Waals surface area (Å²) in [6.07, 6.45) is 4.10. The maximum absolute atomic E-state index is 12.8. The van der Waals surface area contributed by atoms with Crippen LogP contribution in [-0.4, -0.2) is 46.1 Å². The van der Waals surface area contributed by atoms with Crippen LogP contribution in [0.4, 0.5) is 5.69 Å². The second-order valence-electron chi connectivity index (χ2n) is 6.05. The highest BCUT2D eigenvalue weighted by molar-refractivity contribution is 5.98. The molecule has 1 aliphatic rings. The molecule has 1 atom stereocenters. The van der Waals surface area contributed by atoms with E-state index in [2.05, 4.69) is 5.10 Å². The molecule has 1 aliphatic heterocycles. The quantitative estimate of drug-likeness (QED) is 0.864. The van der Waals surface area contributed by atoms with Gasteiger partial charge in [0, 0.05) is 31.2 Å². The molecule has 0 saturated carbocycles. The Morgan fingerprint density at radius 3 is 2.58 bits per heavy atom. The molecule has 0 radical (unpaired) electrons. The van der Waals surface area contributed by atoms with Crippen molar-refractivity contribution in [3.05, 3.63) is 48.3 Å². The average molecular weight is 326 g/mol. The first-order chi connectivity index (χ1) is 11.6. The van der Waals surface area contributed by atoms with Crippen LogP contribution in [0.2, 0.25) is 0 Å². The van der Waals surface area contributed by atoms with E-state index in [1.807, 2.05) is 38.1 Å². The zero-order valence-electron chi connectivity index (χ0n) is 14.1. The summed E-state index contributed by atoms with van der Waals surface area (Å²) in [6.45, 7) is 5.14. The third-order valence-corrected chi connectivity index (χ3v) is 4.39. The van der Waals surface area contributed by atoms with Gasteiger partial charge in [-0.15, -0.1) is 0 Å². The number of nitrogens with zero attached hydrogens (tertiary/aromatic N) is 4. The molecule has 0 aliphatic carbocycles. The summed E-state index contributed by atoms with van der Waals surface area (Å²) in [6, 6.07) is 9.33. The minimum Gasteiger partial charge on any atom is -0.330 e. The van der Waals surface area contributed by atoms with Gasteiger partial charge < -0.3 is 9.80 Å². The van der Waals surface area contributed by atoms with Crippen LogP contribution in [0.1, 0.15) is 24.9 Å². The first kappa shape index (κ1) is 16.2.